The summed E-state index contributed by atoms with van der Waals surface area (Å²) >= 11 is 0. The van der Waals surface area contributed by atoms with Crippen molar-refractivity contribution in [3.63, 3.8) is 0 Å². The first-order valence-electron chi connectivity index (χ1n) is 8.24. The standard InChI is InChI=1S/C19H27NO2/c1-5-7-8-9-11-13-12-14(10-6-2)17(21)15-16(13)20-18(22)19(15,3)4/h6,12,21H,2,5,7-11H2,1,3-4H3,(H,20,22). The molecule has 0 unspecified atom stereocenters. The monoisotopic (exact) mass is 301 g/mol. The molecule has 1 heterocycles. The molecule has 120 valence electrons. The van der Waals surface area contributed by atoms with E-state index in [-0.39, 0.29) is 11.7 Å². The van der Waals surface area contributed by atoms with Crippen LogP contribution in [0.2, 0.25) is 0 Å². The van der Waals surface area contributed by atoms with Crippen molar-refractivity contribution in [3.05, 3.63) is 35.4 Å². The summed E-state index contributed by atoms with van der Waals surface area (Å²) in [5.41, 5.74) is 2.90. The van der Waals surface area contributed by atoms with Crippen LogP contribution in [0.1, 0.15) is 63.1 Å². The molecule has 0 saturated heterocycles. The second-order valence-corrected chi connectivity index (χ2v) is 6.68. The summed E-state index contributed by atoms with van der Waals surface area (Å²) in [5.74, 6) is 0.207. The quantitative estimate of drug-likeness (QED) is 0.576. The molecule has 3 heteroatoms. The summed E-state index contributed by atoms with van der Waals surface area (Å²) < 4.78 is 0. The summed E-state index contributed by atoms with van der Waals surface area (Å²) in [4.78, 5) is 12.3. The van der Waals surface area contributed by atoms with Gasteiger partial charge in [0.25, 0.3) is 0 Å². The molecule has 1 aromatic carbocycles. The van der Waals surface area contributed by atoms with E-state index in [1.807, 2.05) is 19.9 Å². The predicted octanol–water partition coefficient (Wildman–Crippen LogP) is 4.47. The fourth-order valence-electron chi connectivity index (χ4n) is 3.18. The molecule has 0 aliphatic carbocycles. The average molecular weight is 301 g/mol. The first-order chi connectivity index (χ1) is 10.4. The van der Waals surface area contributed by atoms with E-state index < -0.39 is 5.41 Å². The van der Waals surface area contributed by atoms with Crippen LogP contribution in [-0.2, 0) is 23.1 Å². The molecule has 0 aromatic heterocycles. The molecule has 2 N–H and O–H groups in total. The Morgan fingerprint density at radius 1 is 1.27 bits per heavy atom. The molecule has 1 aliphatic rings. The molecule has 0 radical (unpaired) electrons. The summed E-state index contributed by atoms with van der Waals surface area (Å²) in [7, 11) is 0. The number of aryl methyl sites for hydroxylation is 1. The minimum absolute atomic E-state index is 0.0386. The number of nitrogens with one attached hydrogen (secondary N) is 1. The second kappa shape index (κ2) is 6.55. The Hall–Kier alpha value is -1.77. The molecule has 22 heavy (non-hydrogen) atoms. The number of allylic oxidation sites excluding steroid dienone is 1. The van der Waals surface area contributed by atoms with E-state index in [1.54, 1.807) is 6.08 Å². The Bertz CT molecular complexity index is 588. The molecule has 0 fully saturated rings. The summed E-state index contributed by atoms with van der Waals surface area (Å²) in [6.45, 7) is 9.70. The van der Waals surface area contributed by atoms with Crippen molar-refractivity contribution in [1.29, 1.82) is 0 Å². The fourth-order valence-corrected chi connectivity index (χ4v) is 3.18. The van der Waals surface area contributed by atoms with Gasteiger partial charge in [0, 0.05) is 5.56 Å². The zero-order valence-corrected chi connectivity index (χ0v) is 14.0. The maximum Gasteiger partial charge on any atom is 0.234 e. The van der Waals surface area contributed by atoms with Crippen LogP contribution in [0, 0.1) is 0 Å². The molecule has 3 nitrogen and oxygen atoms in total. The lowest BCUT2D eigenvalue weighted by molar-refractivity contribution is -0.119. The van der Waals surface area contributed by atoms with Gasteiger partial charge < -0.3 is 10.4 Å². The number of rotatable bonds is 7. The van der Waals surface area contributed by atoms with Crippen molar-refractivity contribution >= 4 is 11.6 Å². The lowest BCUT2D eigenvalue weighted by atomic mass is 9.82. The number of carbonyl (C=O) groups is 1. The summed E-state index contributed by atoms with van der Waals surface area (Å²) in [6.07, 6.45) is 8.08. The number of phenolic OH excluding ortho intramolecular Hbond substituents is 1. The number of carbonyl (C=O) groups excluding carboxylic acids is 1. The summed E-state index contributed by atoms with van der Waals surface area (Å²) in [6, 6.07) is 2.03. The Balaban J connectivity index is 2.42. The molecular formula is C19H27NO2. The highest BCUT2D eigenvalue weighted by molar-refractivity contribution is 6.07. The smallest absolute Gasteiger partial charge is 0.234 e. The topological polar surface area (TPSA) is 49.3 Å². The van der Waals surface area contributed by atoms with E-state index in [2.05, 4.69) is 18.8 Å². The van der Waals surface area contributed by atoms with Crippen LogP contribution in [0.25, 0.3) is 0 Å². The van der Waals surface area contributed by atoms with Crippen LogP contribution in [0.4, 0.5) is 5.69 Å². The number of unbranched alkanes of at least 4 members (excludes halogenated alkanes) is 3. The van der Waals surface area contributed by atoms with Crippen LogP contribution < -0.4 is 5.32 Å². The molecule has 0 atom stereocenters. The zero-order valence-electron chi connectivity index (χ0n) is 14.0. The predicted molar refractivity (Wildman–Crippen MR) is 91.5 cm³/mol. The van der Waals surface area contributed by atoms with Gasteiger partial charge in [-0.05, 0) is 50.3 Å². The molecular weight excluding hydrogens is 274 g/mol. The SMILES string of the molecule is C=CCc1cc(CCCCCC)c2c(c1O)C(C)(C)C(=O)N2. The van der Waals surface area contributed by atoms with Crippen LogP contribution in [0.15, 0.2) is 18.7 Å². The zero-order chi connectivity index (χ0) is 16.3. The number of benzene rings is 1. The number of aromatic hydroxyl groups is 1. The van der Waals surface area contributed by atoms with Gasteiger partial charge in [-0.3, -0.25) is 4.79 Å². The first-order valence-corrected chi connectivity index (χ1v) is 8.24. The van der Waals surface area contributed by atoms with Crippen LogP contribution in [0.3, 0.4) is 0 Å². The third-order valence-electron chi connectivity index (χ3n) is 4.56. The van der Waals surface area contributed by atoms with Crippen molar-refractivity contribution in [2.24, 2.45) is 0 Å². The first kappa shape index (κ1) is 16.6. The van der Waals surface area contributed by atoms with Gasteiger partial charge in [0.15, 0.2) is 0 Å². The molecule has 0 bridgehead atoms. The van der Waals surface area contributed by atoms with Gasteiger partial charge in [0.05, 0.1) is 11.1 Å². The number of anilines is 1. The maximum absolute atomic E-state index is 12.3. The largest absolute Gasteiger partial charge is 0.507 e. The molecule has 0 saturated carbocycles. The Morgan fingerprint density at radius 3 is 2.64 bits per heavy atom. The highest BCUT2D eigenvalue weighted by Gasteiger charge is 2.42. The highest BCUT2D eigenvalue weighted by Crippen LogP contribution is 2.47. The van der Waals surface area contributed by atoms with Gasteiger partial charge in [0.1, 0.15) is 5.75 Å². The number of phenols is 1. The van der Waals surface area contributed by atoms with E-state index in [0.717, 1.165) is 35.2 Å². The van der Waals surface area contributed by atoms with E-state index >= 15 is 0 Å². The third-order valence-corrected chi connectivity index (χ3v) is 4.56. The average Bonchev–Trinajstić information content (AvgIpc) is 2.71. The van der Waals surface area contributed by atoms with Gasteiger partial charge in [-0.25, -0.2) is 0 Å². The molecule has 1 aliphatic heterocycles. The highest BCUT2D eigenvalue weighted by atomic mass is 16.3. The normalized spacial score (nSPS) is 15.5. The Labute approximate surface area is 133 Å². The Kier molecular flexibility index (Phi) is 4.94. The van der Waals surface area contributed by atoms with Crippen molar-refractivity contribution in [1.82, 2.24) is 0 Å². The van der Waals surface area contributed by atoms with E-state index in [4.69, 9.17) is 0 Å². The van der Waals surface area contributed by atoms with Crippen molar-refractivity contribution in [2.75, 3.05) is 5.32 Å². The number of hydrogen-bond donors (Lipinski definition) is 2. The maximum atomic E-state index is 12.3. The van der Waals surface area contributed by atoms with Gasteiger partial charge in [-0.2, -0.15) is 0 Å². The number of fused-ring (bicyclic) bond motifs is 1. The second-order valence-electron chi connectivity index (χ2n) is 6.68. The van der Waals surface area contributed by atoms with Gasteiger partial charge >= 0.3 is 0 Å². The van der Waals surface area contributed by atoms with E-state index in [9.17, 15) is 9.90 Å². The molecule has 1 aromatic rings. The minimum atomic E-state index is -0.686. The van der Waals surface area contributed by atoms with Crippen LogP contribution >= 0.6 is 0 Å². The van der Waals surface area contributed by atoms with Crippen molar-refractivity contribution in [2.45, 2.75) is 64.7 Å². The van der Waals surface area contributed by atoms with E-state index in [0.29, 0.717) is 6.42 Å². The summed E-state index contributed by atoms with van der Waals surface area (Å²) in [5, 5.41) is 13.6. The molecule has 0 spiro atoms. The van der Waals surface area contributed by atoms with Crippen molar-refractivity contribution < 1.29 is 9.90 Å². The van der Waals surface area contributed by atoms with Crippen molar-refractivity contribution in [3.8, 4) is 5.75 Å². The number of hydrogen-bond acceptors (Lipinski definition) is 2. The lowest BCUT2D eigenvalue weighted by Crippen LogP contribution is -2.27. The molecule has 2 rings (SSSR count). The lowest BCUT2D eigenvalue weighted by Gasteiger charge is -2.19. The Morgan fingerprint density at radius 2 is 2.00 bits per heavy atom. The molecule has 1 amide bonds. The third kappa shape index (κ3) is 2.90. The van der Waals surface area contributed by atoms with Gasteiger partial charge in [-0.15, -0.1) is 6.58 Å². The van der Waals surface area contributed by atoms with Crippen LogP contribution in [0.5, 0.6) is 5.75 Å². The minimum Gasteiger partial charge on any atom is -0.507 e. The van der Waals surface area contributed by atoms with Gasteiger partial charge in [-0.1, -0.05) is 32.3 Å². The van der Waals surface area contributed by atoms with E-state index in [1.165, 1.54) is 19.3 Å². The van der Waals surface area contributed by atoms with Gasteiger partial charge in [0.2, 0.25) is 5.91 Å². The fraction of sp³-hybridized carbons (Fsp3) is 0.526. The number of amides is 1. The van der Waals surface area contributed by atoms with Crippen LogP contribution in [-0.4, -0.2) is 11.0 Å².